The second-order valence-corrected chi connectivity index (χ2v) is 10.8. The Morgan fingerprint density at radius 3 is 2.24 bits per heavy atom. The summed E-state index contributed by atoms with van der Waals surface area (Å²) < 4.78 is 12.2. The molecule has 0 aromatic heterocycles. The Morgan fingerprint density at radius 2 is 1.56 bits per heavy atom. The Balaban J connectivity index is 0.000000652. The Labute approximate surface area is 207 Å². The zero-order chi connectivity index (χ0) is 24.5. The molecular weight excluding hydrogens is 420 g/mol. The van der Waals surface area contributed by atoms with Gasteiger partial charge in [0.2, 0.25) is 0 Å². The summed E-state index contributed by atoms with van der Waals surface area (Å²) >= 11 is 0. The fourth-order valence-electron chi connectivity index (χ4n) is 7.86. The van der Waals surface area contributed by atoms with E-state index in [9.17, 15) is 4.79 Å². The molecule has 34 heavy (non-hydrogen) atoms. The predicted octanol–water partition coefficient (Wildman–Crippen LogP) is 7.77. The number of benzene rings is 1. The molecule has 3 nitrogen and oxygen atoms in total. The van der Waals surface area contributed by atoms with E-state index in [0.29, 0.717) is 29.5 Å². The number of carbonyl (C=O) groups excluding carboxylic acids is 1. The quantitative estimate of drug-likeness (QED) is 0.397. The van der Waals surface area contributed by atoms with Crippen molar-refractivity contribution >= 4 is 5.78 Å². The zero-order valence-electron chi connectivity index (χ0n) is 22.4. The van der Waals surface area contributed by atoms with Crippen LogP contribution < -0.4 is 0 Å². The predicted molar refractivity (Wildman–Crippen MR) is 139 cm³/mol. The summed E-state index contributed by atoms with van der Waals surface area (Å²) in [4.78, 5) is 13.0. The first kappa shape index (κ1) is 25.6. The smallest absolute Gasteiger partial charge is 0.169 e. The van der Waals surface area contributed by atoms with E-state index in [1.165, 1.54) is 24.0 Å². The highest BCUT2D eigenvalue weighted by molar-refractivity contribution is 5.87. The summed E-state index contributed by atoms with van der Waals surface area (Å²) in [5.41, 5.74) is 6.02. The van der Waals surface area contributed by atoms with Gasteiger partial charge in [0.15, 0.2) is 5.79 Å². The minimum absolute atomic E-state index is 0.134. The Morgan fingerprint density at radius 1 is 0.882 bits per heavy atom. The minimum Gasteiger partial charge on any atom is -0.348 e. The standard InChI is InChI=1S/C27H34O3.2C2H6/c1-17-3-5-18(6-4-17)22-16-26(2)23(9-10-24(26)28)21-8-7-19-15-27(29-13-14-30-27)12-11-20(19)25(21)22;2*1-2/h3-6,19,21-23H,7-16H2,1-2H3;2*1-2H3. The lowest BCUT2D eigenvalue weighted by atomic mass is 9.52. The van der Waals surface area contributed by atoms with Gasteiger partial charge in [0.05, 0.1) is 13.2 Å². The average Bonchev–Trinajstić information content (AvgIpc) is 3.45. The largest absolute Gasteiger partial charge is 0.348 e. The molecular formula is C31H46O3. The van der Waals surface area contributed by atoms with Crippen LogP contribution in [-0.4, -0.2) is 24.8 Å². The van der Waals surface area contributed by atoms with E-state index < -0.39 is 0 Å². The van der Waals surface area contributed by atoms with Gasteiger partial charge >= 0.3 is 0 Å². The van der Waals surface area contributed by atoms with Gasteiger partial charge in [0.25, 0.3) is 0 Å². The van der Waals surface area contributed by atoms with Crippen molar-refractivity contribution in [1.29, 1.82) is 0 Å². The van der Waals surface area contributed by atoms with Crippen LogP contribution in [0.15, 0.2) is 35.4 Å². The van der Waals surface area contributed by atoms with Crippen molar-refractivity contribution < 1.29 is 14.3 Å². The van der Waals surface area contributed by atoms with Gasteiger partial charge in [-0.2, -0.15) is 0 Å². The number of aryl methyl sites for hydroxylation is 1. The molecule has 188 valence electrons. The SMILES string of the molecule is CC.CC.Cc1ccc(C2CC3(C)C(=O)CCC3C3CCC4CC5(CCC4=C23)OCCO5)cc1. The van der Waals surface area contributed by atoms with Crippen molar-refractivity contribution in [3.63, 3.8) is 0 Å². The van der Waals surface area contributed by atoms with Crippen molar-refractivity contribution in [2.75, 3.05) is 13.2 Å². The van der Waals surface area contributed by atoms with Gasteiger partial charge < -0.3 is 9.47 Å². The molecule has 0 radical (unpaired) electrons. The number of ketones is 1. The number of ether oxygens (including phenoxy) is 2. The highest BCUT2D eigenvalue weighted by Crippen LogP contribution is 2.63. The van der Waals surface area contributed by atoms with E-state index in [-0.39, 0.29) is 11.2 Å². The van der Waals surface area contributed by atoms with Gasteiger partial charge in [-0.1, -0.05) is 75.6 Å². The van der Waals surface area contributed by atoms with Crippen LogP contribution >= 0.6 is 0 Å². The fourth-order valence-corrected chi connectivity index (χ4v) is 7.86. The van der Waals surface area contributed by atoms with Crippen LogP contribution in [0.3, 0.4) is 0 Å². The van der Waals surface area contributed by atoms with E-state index in [1.54, 1.807) is 11.1 Å². The maximum Gasteiger partial charge on any atom is 0.169 e. The van der Waals surface area contributed by atoms with Crippen LogP contribution in [0.2, 0.25) is 0 Å². The second-order valence-electron chi connectivity index (χ2n) is 10.8. The van der Waals surface area contributed by atoms with E-state index in [4.69, 9.17) is 9.47 Å². The summed E-state index contributed by atoms with van der Waals surface area (Å²) in [5.74, 6) is 2.34. The number of rotatable bonds is 1. The highest BCUT2D eigenvalue weighted by Gasteiger charge is 2.57. The highest BCUT2D eigenvalue weighted by atomic mass is 16.7. The summed E-state index contributed by atoms with van der Waals surface area (Å²) in [6.07, 6.45) is 8.48. The van der Waals surface area contributed by atoms with Crippen molar-refractivity contribution in [2.24, 2.45) is 23.2 Å². The van der Waals surface area contributed by atoms with Gasteiger partial charge in [-0.25, -0.2) is 0 Å². The molecule has 1 aromatic rings. The van der Waals surface area contributed by atoms with Gasteiger partial charge in [0, 0.05) is 30.6 Å². The molecule has 5 atom stereocenters. The average molecular weight is 467 g/mol. The van der Waals surface area contributed by atoms with E-state index in [1.807, 2.05) is 27.7 Å². The van der Waals surface area contributed by atoms with Crippen LogP contribution in [0.5, 0.6) is 0 Å². The lowest BCUT2D eigenvalue weighted by Crippen LogP contribution is -2.46. The van der Waals surface area contributed by atoms with Crippen LogP contribution in [0, 0.1) is 30.1 Å². The van der Waals surface area contributed by atoms with Gasteiger partial charge in [-0.05, 0) is 62.3 Å². The molecule has 5 unspecified atom stereocenters. The van der Waals surface area contributed by atoms with Crippen LogP contribution in [0.4, 0.5) is 0 Å². The lowest BCUT2D eigenvalue weighted by molar-refractivity contribution is -0.181. The molecule has 3 heteroatoms. The lowest BCUT2D eigenvalue weighted by Gasteiger charge is -2.52. The molecule has 4 fully saturated rings. The summed E-state index contributed by atoms with van der Waals surface area (Å²) in [6.45, 7) is 13.9. The van der Waals surface area contributed by atoms with Gasteiger partial charge in [-0.3, -0.25) is 4.79 Å². The number of carbonyl (C=O) groups is 1. The van der Waals surface area contributed by atoms with E-state index in [2.05, 4.69) is 38.1 Å². The third-order valence-electron chi connectivity index (χ3n) is 9.34. The molecule has 0 bridgehead atoms. The zero-order valence-corrected chi connectivity index (χ0v) is 22.4. The Hall–Kier alpha value is -1.45. The number of Topliss-reactive ketones (excluding diaryl/α,β-unsaturated/α-hetero) is 1. The monoisotopic (exact) mass is 466 g/mol. The molecule has 1 aliphatic heterocycles. The van der Waals surface area contributed by atoms with E-state index in [0.717, 1.165) is 51.7 Å². The Bertz CT molecular complexity index is 892. The first-order valence-electron chi connectivity index (χ1n) is 14.1. The molecule has 1 saturated heterocycles. The molecule has 1 heterocycles. The Kier molecular flexibility index (Phi) is 7.74. The third-order valence-corrected chi connectivity index (χ3v) is 9.34. The topological polar surface area (TPSA) is 35.5 Å². The second kappa shape index (κ2) is 10.3. The first-order chi connectivity index (χ1) is 16.5. The van der Waals surface area contributed by atoms with Crippen LogP contribution in [0.1, 0.15) is 103 Å². The normalized spacial score (nSPS) is 35.4. The van der Waals surface area contributed by atoms with Gasteiger partial charge in [-0.15, -0.1) is 0 Å². The van der Waals surface area contributed by atoms with E-state index >= 15 is 0 Å². The molecule has 3 saturated carbocycles. The number of fused-ring (bicyclic) bond motifs is 4. The maximum absolute atomic E-state index is 13.0. The van der Waals surface area contributed by atoms with Crippen molar-refractivity contribution in [2.45, 2.75) is 105 Å². The molecule has 6 rings (SSSR count). The van der Waals surface area contributed by atoms with Crippen molar-refractivity contribution in [1.82, 2.24) is 0 Å². The summed E-state index contributed by atoms with van der Waals surface area (Å²) in [6, 6.07) is 9.14. The van der Waals surface area contributed by atoms with Crippen LogP contribution in [-0.2, 0) is 14.3 Å². The minimum atomic E-state index is -0.312. The van der Waals surface area contributed by atoms with Gasteiger partial charge in [0.1, 0.15) is 5.78 Å². The van der Waals surface area contributed by atoms with Crippen LogP contribution in [0.25, 0.3) is 0 Å². The molecule has 5 aliphatic rings. The van der Waals surface area contributed by atoms with Crippen molar-refractivity contribution in [3.05, 3.63) is 46.5 Å². The number of allylic oxidation sites excluding steroid dienone is 2. The maximum atomic E-state index is 13.0. The third kappa shape index (κ3) is 4.22. The fraction of sp³-hybridized carbons (Fsp3) is 0.710. The van der Waals surface area contributed by atoms with Crippen molar-refractivity contribution in [3.8, 4) is 0 Å². The molecule has 1 spiro atoms. The summed E-state index contributed by atoms with van der Waals surface area (Å²) in [7, 11) is 0. The first-order valence-corrected chi connectivity index (χ1v) is 14.1. The molecule has 0 N–H and O–H groups in total. The summed E-state index contributed by atoms with van der Waals surface area (Å²) in [5, 5.41) is 0. The molecule has 4 aliphatic carbocycles. The molecule has 0 amide bonds. The number of hydrogen-bond donors (Lipinski definition) is 0. The number of hydrogen-bond acceptors (Lipinski definition) is 3. The molecule has 1 aromatic carbocycles.